The minimum absolute atomic E-state index is 0. The van der Waals surface area contributed by atoms with Crippen molar-refractivity contribution in [2.75, 3.05) is 0 Å². The first-order chi connectivity index (χ1) is 5.59. The largest absolute Gasteiger partial charge is 0.328 e. The molecule has 0 aromatic heterocycles. The fraction of sp³-hybridized carbons (Fsp3) is 1.00. The predicted octanol–water partition coefficient (Wildman–Crippen LogP) is 2.58. The van der Waals surface area contributed by atoms with Crippen molar-refractivity contribution in [3.63, 3.8) is 0 Å². The number of rotatable bonds is 1. The number of hydrogen-bond donors (Lipinski definition) is 1. The van der Waals surface area contributed by atoms with Gasteiger partial charge >= 0.3 is 0 Å². The highest BCUT2D eigenvalue weighted by atomic mass is 35.5. The van der Waals surface area contributed by atoms with E-state index in [9.17, 15) is 8.78 Å². The molecule has 78 valence electrons. The lowest BCUT2D eigenvalue weighted by Crippen LogP contribution is -2.41. The van der Waals surface area contributed by atoms with E-state index in [0.717, 1.165) is 12.8 Å². The Morgan fingerprint density at radius 3 is 2.31 bits per heavy atom. The molecule has 0 aromatic carbocycles. The Bertz CT molecular complexity index is 182. The number of hydrogen-bond acceptors (Lipinski definition) is 1. The lowest BCUT2D eigenvalue weighted by Gasteiger charge is -2.34. The Labute approximate surface area is 83.5 Å². The van der Waals surface area contributed by atoms with Crippen molar-refractivity contribution in [1.82, 2.24) is 0 Å². The van der Waals surface area contributed by atoms with E-state index < -0.39 is 11.8 Å². The van der Waals surface area contributed by atoms with Crippen molar-refractivity contribution in [2.45, 2.75) is 44.1 Å². The molecule has 0 bridgehead atoms. The normalized spacial score (nSPS) is 38.1. The lowest BCUT2D eigenvalue weighted by atomic mass is 9.80. The van der Waals surface area contributed by atoms with Gasteiger partial charge in [0, 0.05) is 18.4 Å². The monoisotopic (exact) mass is 211 g/mol. The average molecular weight is 212 g/mol. The molecule has 2 fully saturated rings. The molecular weight excluding hydrogens is 196 g/mol. The second-order valence-electron chi connectivity index (χ2n) is 4.24. The Kier molecular flexibility index (Phi) is 3.18. The van der Waals surface area contributed by atoms with Crippen molar-refractivity contribution in [2.24, 2.45) is 17.6 Å². The van der Waals surface area contributed by atoms with Crippen LogP contribution in [0.5, 0.6) is 0 Å². The van der Waals surface area contributed by atoms with Crippen molar-refractivity contribution in [1.29, 1.82) is 0 Å². The van der Waals surface area contributed by atoms with Crippen LogP contribution in [0.2, 0.25) is 0 Å². The summed E-state index contributed by atoms with van der Waals surface area (Å²) in [5.74, 6) is -2.54. The summed E-state index contributed by atoms with van der Waals surface area (Å²) in [7, 11) is 0. The molecule has 0 amide bonds. The highest BCUT2D eigenvalue weighted by molar-refractivity contribution is 5.85. The quantitative estimate of drug-likeness (QED) is 0.709. The van der Waals surface area contributed by atoms with Gasteiger partial charge in [0.15, 0.2) is 0 Å². The first kappa shape index (κ1) is 11.2. The van der Waals surface area contributed by atoms with Gasteiger partial charge in [-0.3, -0.25) is 0 Å². The van der Waals surface area contributed by atoms with E-state index in [2.05, 4.69) is 0 Å². The molecule has 2 atom stereocenters. The van der Waals surface area contributed by atoms with Crippen LogP contribution in [0.4, 0.5) is 8.78 Å². The molecule has 2 N–H and O–H groups in total. The van der Waals surface area contributed by atoms with Gasteiger partial charge in [-0.25, -0.2) is 8.78 Å². The molecule has 2 aliphatic rings. The SMILES string of the molecule is Cl.NC1CCC(F)(F)C(C2CC2)C1. The van der Waals surface area contributed by atoms with Gasteiger partial charge in [0.1, 0.15) is 0 Å². The van der Waals surface area contributed by atoms with Gasteiger partial charge in [-0.2, -0.15) is 0 Å². The van der Waals surface area contributed by atoms with E-state index in [0.29, 0.717) is 12.8 Å². The van der Waals surface area contributed by atoms with Crippen LogP contribution in [0.1, 0.15) is 32.1 Å². The van der Waals surface area contributed by atoms with Crippen LogP contribution < -0.4 is 5.73 Å². The van der Waals surface area contributed by atoms with Crippen LogP contribution in [0.15, 0.2) is 0 Å². The smallest absolute Gasteiger partial charge is 0.251 e. The fourth-order valence-electron chi connectivity index (χ4n) is 2.22. The maximum atomic E-state index is 13.3. The van der Waals surface area contributed by atoms with E-state index in [1.54, 1.807) is 0 Å². The summed E-state index contributed by atoms with van der Waals surface area (Å²) in [5, 5.41) is 0. The molecule has 0 radical (unpaired) electrons. The van der Waals surface area contributed by atoms with Gasteiger partial charge in [0.05, 0.1) is 0 Å². The first-order valence-electron chi connectivity index (χ1n) is 4.73. The van der Waals surface area contributed by atoms with Crippen LogP contribution >= 0.6 is 12.4 Å². The van der Waals surface area contributed by atoms with Gasteiger partial charge in [-0.1, -0.05) is 0 Å². The number of alkyl halides is 2. The van der Waals surface area contributed by atoms with Gasteiger partial charge in [-0.05, 0) is 31.6 Å². The zero-order valence-corrected chi connectivity index (χ0v) is 8.33. The topological polar surface area (TPSA) is 26.0 Å². The first-order valence-corrected chi connectivity index (χ1v) is 4.73. The summed E-state index contributed by atoms with van der Waals surface area (Å²) in [6.07, 6.45) is 3.03. The van der Waals surface area contributed by atoms with Crippen LogP contribution in [-0.2, 0) is 0 Å². The maximum absolute atomic E-state index is 13.3. The van der Waals surface area contributed by atoms with Crippen LogP contribution in [0.3, 0.4) is 0 Å². The van der Waals surface area contributed by atoms with Crippen molar-refractivity contribution in [3.05, 3.63) is 0 Å². The molecule has 0 saturated heterocycles. The molecule has 0 aromatic rings. The van der Waals surface area contributed by atoms with Gasteiger partial charge in [0.2, 0.25) is 0 Å². The van der Waals surface area contributed by atoms with Crippen LogP contribution in [-0.4, -0.2) is 12.0 Å². The lowest BCUT2D eigenvalue weighted by molar-refractivity contribution is -0.0972. The van der Waals surface area contributed by atoms with Crippen LogP contribution in [0.25, 0.3) is 0 Å². The third-order valence-electron chi connectivity index (χ3n) is 3.14. The highest BCUT2D eigenvalue weighted by Crippen LogP contribution is 2.50. The molecule has 0 spiro atoms. The second-order valence-corrected chi connectivity index (χ2v) is 4.24. The Morgan fingerprint density at radius 2 is 1.77 bits per heavy atom. The summed E-state index contributed by atoms with van der Waals surface area (Å²) < 4.78 is 26.6. The van der Waals surface area contributed by atoms with E-state index >= 15 is 0 Å². The number of nitrogens with two attached hydrogens (primary N) is 1. The van der Waals surface area contributed by atoms with Gasteiger partial charge in [-0.15, -0.1) is 12.4 Å². The number of halogens is 3. The molecule has 2 aliphatic carbocycles. The van der Waals surface area contributed by atoms with E-state index in [1.807, 2.05) is 0 Å². The minimum atomic E-state index is -2.42. The average Bonchev–Trinajstić information content (AvgIpc) is 2.77. The maximum Gasteiger partial charge on any atom is 0.251 e. The predicted molar refractivity (Wildman–Crippen MR) is 50.2 cm³/mol. The molecule has 2 saturated carbocycles. The van der Waals surface area contributed by atoms with E-state index in [4.69, 9.17) is 5.73 Å². The Balaban J connectivity index is 0.000000845. The molecule has 13 heavy (non-hydrogen) atoms. The third kappa shape index (κ3) is 2.32. The third-order valence-corrected chi connectivity index (χ3v) is 3.14. The summed E-state index contributed by atoms with van der Waals surface area (Å²) in [4.78, 5) is 0. The summed E-state index contributed by atoms with van der Waals surface area (Å²) >= 11 is 0. The second kappa shape index (κ2) is 3.70. The summed E-state index contributed by atoms with van der Waals surface area (Å²) in [6, 6.07) is 0.0234. The standard InChI is InChI=1S/C9H15F2N.ClH/c10-9(11)4-3-7(12)5-8(9)6-1-2-6;/h6-8H,1-5,12H2;1H. The zero-order valence-electron chi connectivity index (χ0n) is 7.51. The molecule has 0 aliphatic heterocycles. The minimum Gasteiger partial charge on any atom is -0.328 e. The fourth-order valence-corrected chi connectivity index (χ4v) is 2.22. The van der Waals surface area contributed by atoms with Crippen molar-refractivity contribution < 1.29 is 8.78 Å². The molecule has 4 heteroatoms. The van der Waals surface area contributed by atoms with Crippen LogP contribution in [0, 0.1) is 11.8 Å². The molecule has 2 unspecified atom stereocenters. The Hall–Kier alpha value is 0.110. The molecular formula is C9H16ClF2N. The Morgan fingerprint density at radius 1 is 1.15 bits per heavy atom. The van der Waals surface area contributed by atoms with Crippen molar-refractivity contribution in [3.8, 4) is 0 Å². The molecule has 2 rings (SSSR count). The molecule has 0 heterocycles. The van der Waals surface area contributed by atoms with E-state index in [-0.39, 0.29) is 30.8 Å². The summed E-state index contributed by atoms with van der Waals surface area (Å²) in [6.45, 7) is 0. The van der Waals surface area contributed by atoms with Gasteiger partial charge in [0.25, 0.3) is 5.92 Å². The van der Waals surface area contributed by atoms with Crippen molar-refractivity contribution >= 4 is 12.4 Å². The zero-order chi connectivity index (χ0) is 8.77. The molecule has 1 nitrogen and oxygen atoms in total. The summed E-state index contributed by atoms with van der Waals surface area (Å²) in [5.41, 5.74) is 5.68. The van der Waals surface area contributed by atoms with E-state index in [1.165, 1.54) is 0 Å². The highest BCUT2D eigenvalue weighted by Gasteiger charge is 2.50. The van der Waals surface area contributed by atoms with Gasteiger partial charge < -0.3 is 5.73 Å².